The molecule has 3 rings (SSSR count). The number of rotatable bonds is 2. The van der Waals surface area contributed by atoms with Gasteiger partial charge in [0.1, 0.15) is 11.6 Å². The highest BCUT2D eigenvalue weighted by atomic mass is 16.5. The van der Waals surface area contributed by atoms with Gasteiger partial charge in [-0.3, -0.25) is 4.79 Å². The van der Waals surface area contributed by atoms with Crippen LogP contribution >= 0.6 is 0 Å². The molecule has 1 heterocycles. The number of aryl methyl sites for hydroxylation is 1. The highest BCUT2D eigenvalue weighted by molar-refractivity contribution is 5.96. The van der Waals surface area contributed by atoms with Crippen molar-refractivity contribution in [3.63, 3.8) is 0 Å². The fraction of sp³-hybridized carbons (Fsp3) is 0.333. The van der Waals surface area contributed by atoms with Crippen molar-refractivity contribution in [3.8, 4) is 6.07 Å². The lowest BCUT2D eigenvalue weighted by Gasteiger charge is -2.31. The highest BCUT2D eigenvalue weighted by Gasteiger charge is 2.36. The van der Waals surface area contributed by atoms with Gasteiger partial charge in [0.25, 0.3) is 0 Å². The summed E-state index contributed by atoms with van der Waals surface area (Å²) in [5, 5.41) is 9.47. The van der Waals surface area contributed by atoms with E-state index in [0.29, 0.717) is 17.8 Å². The number of carbonyl (C=O) groups excluding carboxylic acids is 1. The molecular formula is C18H18N2O2. The van der Waals surface area contributed by atoms with E-state index in [4.69, 9.17) is 10.5 Å². The van der Waals surface area contributed by atoms with Crippen LogP contribution in [0.2, 0.25) is 0 Å². The lowest BCUT2D eigenvalue weighted by Crippen LogP contribution is -2.26. The fourth-order valence-electron chi connectivity index (χ4n) is 3.16. The van der Waals surface area contributed by atoms with Crippen LogP contribution in [0.3, 0.4) is 0 Å². The first kappa shape index (κ1) is 14.4. The number of hydrogen-bond donors (Lipinski definition) is 1. The quantitative estimate of drug-likeness (QED) is 0.909. The summed E-state index contributed by atoms with van der Waals surface area (Å²) in [6.45, 7) is 2.10. The van der Waals surface area contributed by atoms with Gasteiger partial charge in [-0.15, -0.1) is 0 Å². The molecule has 4 nitrogen and oxygen atoms in total. The zero-order valence-corrected chi connectivity index (χ0v) is 12.6. The number of benzene rings is 1. The van der Waals surface area contributed by atoms with Gasteiger partial charge in [-0.05, 0) is 36.0 Å². The van der Waals surface area contributed by atoms with Crippen LogP contribution in [-0.4, -0.2) is 5.78 Å². The van der Waals surface area contributed by atoms with Gasteiger partial charge >= 0.3 is 0 Å². The zero-order valence-electron chi connectivity index (χ0n) is 12.6. The number of ketones is 1. The Hall–Kier alpha value is -2.54. The molecule has 112 valence electrons. The number of nitrogens with two attached hydrogens (primary N) is 1. The van der Waals surface area contributed by atoms with E-state index in [-0.39, 0.29) is 17.6 Å². The number of allylic oxidation sites excluding steroid dienone is 3. The number of carbonyl (C=O) groups is 1. The van der Waals surface area contributed by atoms with Crippen LogP contribution in [-0.2, 0) is 16.0 Å². The van der Waals surface area contributed by atoms with Gasteiger partial charge in [0.15, 0.2) is 11.5 Å². The lowest BCUT2D eigenvalue weighted by molar-refractivity contribution is -0.119. The molecule has 0 fully saturated rings. The molecule has 2 N–H and O–H groups in total. The first-order chi connectivity index (χ1) is 10.7. The topological polar surface area (TPSA) is 76.1 Å². The van der Waals surface area contributed by atoms with Crippen molar-refractivity contribution in [2.24, 2.45) is 5.73 Å². The summed E-state index contributed by atoms with van der Waals surface area (Å²) in [4.78, 5) is 12.1. The Bertz CT molecular complexity index is 720. The standard InChI is InChI=1S/C18H18N2O2/c1-2-11-6-8-12(9-7-11)16-13-4-3-5-15(21)17(13)22-18(20)14(16)10-19/h6-9,16H,2-5,20H2,1H3. The number of Topliss-reactive ketones (excluding diaryl/α,β-unsaturated/α-hetero) is 1. The molecule has 1 atom stereocenters. The number of ether oxygens (including phenoxy) is 1. The maximum Gasteiger partial charge on any atom is 0.205 e. The Kier molecular flexibility index (Phi) is 3.72. The SMILES string of the molecule is CCc1ccc(C2C(C#N)=C(N)OC3=C2CCCC3=O)cc1. The summed E-state index contributed by atoms with van der Waals surface area (Å²) < 4.78 is 5.47. The molecule has 1 aliphatic heterocycles. The maximum atomic E-state index is 12.1. The van der Waals surface area contributed by atoms with Crippen LogP contribution in [0.5, 0.6) is 0 Å². The van der Waals surface area contributed by atoms with Gasteiger partial charge in [-0.25, -0.2) is 0 Å². The van der Waals surface area contributed by atoms with Crippen LogP contribution in [0.4, 0.5) is 0 Å². The predicted octanol–water partition coefficient (Wildman–Crippen LogP) is 3.06. The molecule has 2 aliphatic rings. The smallest absolute Gasteiger partial charge is 0.205 e. The molecule has 0 amide bonds. The normalized spacial score (nSPS) is 21.3. The lowest BCUT2D eigenvalue weighted by atomic mass is 9.78. The van der Waals surface area contributed by atoms with Gasteiger partial charge in [0.2, 0.25) is 5.88 Å². The van der Waals surface area contributed by atoms with Crippen LogP contribution in [0.25, 0.3) is 0 Å². The Morgan fingerprint density at radius 1 is 1.32 bits per heavy atom. The van der Waals surface area contributed by atoms with Crippen molar-refractivity contribution in [2.75, 3.05) is 0 Å². The summed E-state index contributed by atoms with van der Waals surface area (Å²) in [5.41, 5.74) is 9.41. The third-order valence-electron chi connectivity index (χ3n) is 4.35. The van der Waals surface area contributed by atoms with Gasteiger partial charge in [-0.2, -0.15) is 5.26 Å². The Morgan fingerprint density at radius 2 is 2.05 bits per heavy atom. The summed E-state index contributed by atoms with van der Waals surface area (Å²) in [6.07, 6.45) is 3.00. The molecule has 1 aromatic rings. The maximum absolute atomic E-state index is 12.1. The average molecular weight is 294 g/mol. The van der Waals surface area contributed by atoms with E-state index in [2.05, 4.69) is 25.1 Å². The number of nitrogens with zero attached hydrogens (tertiary/aromatic N) is 1. The van der Waals surface area contributed by atoms with Crippen molar-refractivity contribution in [1.82, 2.24) is 0 Å². The molecule has 22 heavy (non-hydrogen) atoms. The van der Waals surface area contributed by atoms with E-state index < -0.39 is 0 Å². The molecule has 0 aromatic heterocycles. The third kappa shape index (κ3) is 2.29. The van der Waals surface area contributed by atoms with Crippen molar-refractivity contribution in [2.45, 2.75) is 38.5 Å². The summed E-state index contributed by atoms with van der Waals surface area (Å²) in [7, 11) is 0. The average Bonchev–Trinajstić information content (AvgIpc) is 2.55. The van der Waals surface area contributed by atoms with Crippen LogP contribution in [0, 0.1) is 11.3 Å². The van der Waals surface area contributed by atoms with Crippen molar-refractivity contribution < 1.29 is 9.53 Å². The molecule has 1 aliphatic carbocycles. The minimum absolute atomic E-state index is 0.0173. The number of nitriles is 1. The first-order valence-electron chi connectivity index (χ1n) is 7.58. The second-order valence-electron chi connectivity index (χ2n) is 5.65. The van der Waals surface area contributed by atoms with E-state index in [9.17, 15) is 10.1 Å². The molecule has 0 radical (unpaired) electrons. The van der Waals surface area contributed by atoms with E-state index in [1.807, 2.05) is 12.1 Å². The second kappa shape index (κ2) is 5.69. The molecule has 0 bridgehead atoms. The molecule has 1 aromatic carbocycles. The third-order valence-corrected chi connectivity index (χ3v) is 4.35. The molecule has 4 heteroatoms. The van der Waals surface area contributed by atoms with Crippen LogP contribution in [0.15, 0.2) is 47.1 Å². The van der Waals surface area contributed by atoms with Gasteiger partial charge in [0, 0.05) is 12.3 Å². The highest BCUT2D eigenvalue weighted by Crippen LogP contribution is 2.43. The Labute approximate surface area is 129 Å². The Balaban J connectivity index is 2.12. The minimum atomic E-state index is -0.260. The summed E-state index contributed by atoms with van der Waals surface area (Å²) in [5.74, 6) is 0.133. The fourth-order valence-corrected chi connectivity index (χ4v) is 3.16. The van der Waals surface area contributed by atoms with Crippen molar-refractivity contribution >= 4 is 5.78 Å². The Morgan fingerprint density at radius 3 is 2.68 bits per heavy atom. The first-order valence-corrected chi connectivity index (χ1v) is 7.58. The molecule has 0 saturated heterocycles. The van der Waals surface area contributed by atoms with Gasteiger partial charge < -0.3 is 10.5 Å². The van der Waals surface area contributed by atoms with Gasteiger partial charge in [0.05, 0.1) is 0 Å². The molecule has 1 unspecified atom stereocenters. The minimum Gasteiger partial charge on any atom is -0.437 e. The van der Waals surface area contributed by atoms with E-state index in [0.717, 1.165) is 30.4 Å². The monoisotopic (exact) mass is 294 g/mol. The largest absolute Gasteiger partial charge is 0.437 e. The van der Waals surface area contributed by atoms with E-state index >= 15 is 0 Å². The van der Waals surface area contributed by atoms with Gasteiger partial charge in [-0.1, -0.05) is 31.2 Å². The molecule has 0 saturated carbocycles. The second-order valence-corrected chi connectivity index (χ2v) is 5.65. The summed E-state index contributed by atoms with van der Waals surface area (Å²) >= 11 is 0. The van der Waals surface area contributed by atoms with Crippen molar-refractivity contribution in [1.29, 1.82) is 5.26 Å². The van der Waals surface area contributed by atoms with E-state index in [1.165, 1.54) is 5.56 Å². The predicted molar refractivity (Wildman–Crippen MR) is 82.4 cm³/mol. The number of hydrogen-bond acceptors (Lipinski definition) is 4. The van der Waals surface area contributed by atoms with Crippen LogP contribution < -0.4 is 5.73 Å². The zero-order chi connectivity index (χ0) is 15.7. The van der Waals surface area contributed by atoms with E-state index in [1.54, 1.807) is 0 Å². The molecule has 0 spiro atoms. The van der Waals surface area contributed by atoms with Crippen molar-refractivity contribution in [3.05, 3.63) is 58.2 Å². The van der Waals surface area contributed by atoms with Crippen LogP contribution in [0.1, 0.15) is 43.2 Å². The summed E-state index contributed by atoms with van der Waals surface area (Å²) in [6, 6.07) is 10.3. The molecular weight excluding hydrogens is 276 g/mol.